The molecule has 2 aromatic rings. The van der Waals surface area contributed by atoms with Crippen LogP contribution in [0.1, 0.15) is 23.5 Å². The second-order valence-electron chi connectivity index (χ2n) is 5.53. The number of methoxy groups -OCH3 is 1. The maximum Gasteiger partial charge on any atom is 0.220 e. The lowest BCUT2D eigenvalue weighted by Crippen LogP contribution is -2.13. The van der Waals surface area contributed by atoms with Crippen molar-refractivity contribution in [1.82, 2.24) is 5.32 Å². The zero-order valence-electron chi connectivity index (χ0n) is 12.3. The van der Waals surface area contributed by atoms with Crippen LogP contribution in [0.4, 0.5) is 0 Å². The third kappa shape index (κ3) is 2.77. The fraction of sp³-hybridized carbons (Fsp3) is 0.278. The van der Waals surface area contributed by atoms with Gasteiger partial charge >= 0.3 is 0 Å². The molecule has 2 aromatic carbocycles. The molecule has 0 saturated carbocycles. The van der Waals surface area contributed by atoms with Crippen LogP contribution in [-0.2, 0) is 4.79 Å². The van der Waals surface area contributed by atoms with Gasteiger partial charge in [0.1, 0.15) is 5.75 Å². The van der Waals surface area contributed by atoms with Gasteiger partial charge in [-0.15, -0.1) is 0 Å². The van der Waals surface area contributed by atoms with Crippen LogP contribution in [0.2, 0.25) is 0 Å². The van der Waals surface area contributed by atoms with E-state index in [1.165, 1.54) is 11.1 Å². The molecular weight excluding hydrogens is 262 g/mol. The molecule has 0 radical (unpaired) electrons. The summed E-state index contributed by atoms with van der Waals surface area (Å²) in [6.45, 7) is 2.80. The number of aryl methyl sites for hydroxylation is 1. The normalized spacial score (nSPS) is 17.6. The molecule has 3 nitrogen and oxygen atoms in total. The average molecular weight is 281 g/mol. The van der Waals surface area contributed by atoms with E-state index in [9.17, 15) is 4.79 Å². The zero-order chi connectivity index (χ0) is 14.8. The smallest absolute Gasteiger partial charge is 0.220 e. The highest BCUT2D eigenvalue weighted by molar-refractivity contribution is 5.80. The number of rotatable bonds is 3. The van der Waals surface area contributed by atoms with E-state index in [1.807, 2.05) is 6.07 Å². The Bertz CT molecular complexity index is 661. The Morgan fingerprint density at radius 1 is 1.14 bits per heavy atom. The maximum atomic E-state index is 11.4. The first-order valence-corrected chi connectivity index (χ1v) is 7.19. The Kier molecular flexibility index (Phi) is 3.65. The highest BCUT2D eigenvalue weighted by atomic mass is 16.5. The van der Waals surface area contributed by atoms with E-state index in [0.717, 1.165) is 23.4 Å². The Morgan fingerprint density at radius 2 is 1.90 bits per heavy atom. The summed E-state index contributed by atoms with van der Waals surface area (Å²) in [7, 11) is 1.69. The van der Waals surface area contributed by atoms with E-state index < -0.39 is 0 Å². The van der Waals surface area contributed by atoms with Gasteiger partial charge in [-0.25, -0.2) is 0 Å². The lowest BCUT2D eigenvalue weighted by Gasteiger charge is -2.14. The molecule has 0 bridgehead atoms. The lowest BCUT2D eigenvalue weighted by molar-refractivity contribution is -0.119. The summed E-state index contributed by atoms with van der Waals surface area (Å²) >= 11 is 0. The first kappa shape index (κ1) is 13.7. The second kappa shape index (κ2) is 5.60. The van der Waals surface area contributed by atoms with E-state index in [4.69, 9.17) is 4.74 Å². The third-order valence-corrected chi connectivity index (χ3v) is 4.03. The number of hydrogen-bond donors (Lipinski definition) is 1. The topological polar surface area (TPSA) is 38.3 Å². The molecule has 1 unspecified atom stereocenters. The van der Waals surface area contributed by atoms with Crippen molar-refractivity contribution in [1.29, 1.82) is 0 Å². The highest BCUT2D eigenvalue weighted by Gasteiger charge is 2.23. The molecule has 3 heteroatoms. The summed E-state index contributed by atoms with van der Waals surface area (Å²) in [6, 6.07) is 14.6. The SMILES string of the molecule is COc1ccc(C2CNC(=O)C2)cc1-c1ccc(C)cc1. The van der Waals surface area contributed by atoms with E-state index in [-0.39, 0.29) is 11.8 Å². The van der Waals surface area contributed by atoms with E-state index in [0.29, 0.717) is 6.42 Å². The van der Waals surface area contributed by atoms with Crippen molar-refractivity contribution in [3.63, 3.8) is 0 Å². The summed E-state index contributed by atoms with van der Waals surface area (Å²) in [4.78, 5) is 11.4. The molecule has 1 N–H and O–H groups in total. The van der Waals surface area contributed by atoms with Gasteiger partial charge in [0.05, 0.1) is 7.11 Å². The van der Waals surface area contributed by atoms with Crippen LogP contribution in [0.5, 0.6) is 5.75 Å². The molecule has 3 rings (SSSR count). The number of hydrogen-bond acceptors (Lipinski definition) is 2. The molecule has 108 valence electrons. The highest BCUT2D eigenvalue weighted by Crippen LogP contribution is 2.34. The minimum absolute atomic E-state index is 0.132. The molecule has 21 heavy (non-hydrogen) atoms. The number of benzene rings is 2. The predicted molar refractivity (Wildman–Crippen MR) is 83.5 cm³/mol. The molecule has 1 heterocycles. The summed E-state index contributed by atoms with van der Waals surface area (Å²) in [6.07, 6.45) is 0.569. The Balaban J connectivity index is 2.01. The number of carbonyl (C=O) groups is 1. The average Bonchev–Trinajstić information content (AvgIpc) is 2.94. The second-order valence-corrected chi connectivity index (χ2v) is 5.53. The minimum Gasteiger partial charge on any atom is -0.496 e. The van der Waals surface area contributed by atoms with Gasteiger partial charge in [0.25, 0.3) is 0 Å². The van der Waals surface area contributed by atoms with Crippen molar-refractivity contribution < 1.29 is 9.53 Å². The van der Waals surface area contributed by atoms with Crippen LogP contribution < -0.4 is 10.1 Å². The van der Waals surface area contributed by atoms with Gasteiger partial charge in [-0.05, 0) is 30.2 Å². The number of amides is 1. The van der Waals surface area contributed by atoms with Crippen molar-refractivity contribution in [2.75, 3.05) is 13.7 Å². The quantitative estimate of drug-likeness (QED) is 0.937. The van der Waals surface area contributed by atoms with E-state index >= 15 is 0 Å². The monoisotopic (exact) mass is 281 g/mol. The van der Waals surface area contributed by atoms with E-state index in [2.05, 4.69) is 48.6 Å². The number of nitrogens with one attached hydrogen (secondary N) is 1. The van der Waals surface area contributed by atoms with Gasteiger partial charge in [-0.1, -0.05) is 35.9 Å². The van der Waals surface area contributed by atoms with Crippen LogP contribution in [0, 0.1) is 6.92 Å². The van der Waals surface area contributed by atoms with Crippen molar-refractivity contribution in [2.24, 2.45) is 0 Å². The van der Waals surface area contributed by atoms with Gasteiger partial charge in [0.2, 0.25) is 5.91 Å². The zero-order valence-corrected chi connectivity index (χ0v) is 12.3. The lowest BCUT2D eigenvalue weighted by atomic mass is 9.93. The van der Waals surface area contributed by atoms with Gasteiger partial charge in [-0.3, -0.25) is 4.79 Å². The van der Waals surface area contributed by atoms with Crippen LogP contribution >= 0.6 is 0 Å². The van der Waals surface area contributed by atoms with E-state index in [1.54, 1.807) is 7.11 Å². The van der Waals surface area contributed by atoms with Gasteiger partial charge in [0.15, 0.2) is 0 Å². The summed E-state index contributed by atoms with van der Waals surface area (Å²) in [5, 5.41) is 2.89. The fourth-order valence-electron chi connectivity index (χ4n) is 2.78. The largest absolute Gasteiger partial charge is 0.496 e. The van der Waals surface area contributed by atoms with Crippen molar-refractivity contribution >= 4 is 5.91 Å². The third-order valence-electron chi connectivity index (χ3n) is 4.03. The molecule has 1 aliphatic rings. The van der Waals surface area contributed by atoms with Gasteiger partial charge in [0, 0.05) is 24.4 Å². The number of carbonyl (C=O) groups excluding carboxylic acids is 1. The Hall–Kier alpha value is -2.29. The summed E-state index contributed by atoms with van der Waals surface area (Å²) < 4.78 is 5.49. The molecule has 0 aliphatic carbocycles. The molecule has 1 amide bonds. The molecule has 1 aliphatic heterocycles. The fourth-order valence-corrected chi connectivity index (χ4v) is 2.78. The molecule has 0 aromatic heterocycles. The van der Waals surface area contributed by atoms with Crippen molar-refractivity contribution in [3.8, 4) is 16.9 Å². The molecule has 1 fully saturated rings. The molecule has 1 atom stereocenters. The van der Waals surface area contributed by atoms with Crippen LogP contribution in [0.3, 0.4) is 0 Å². The minimum atomic E-state index is 0.132. The number of ether oxygens (including phenoxy) is 1. The Morgan fingerprint density at radius 3 is 2.52 bits per heavy atom. The maximum absolute atomic E-state index is 11.4. The summed E-state index contributed by atoms with van der Waals surface area (Å²) in [5.74, 6) is 1.25. The van der Waals surface area contributed by atoms with Crippen molar-refractivity contribution in [3.05, 3.63) is 53.6 Å². The first-order valence-electron chi connectivity index (χ1n) is 7.19. The first-order chi connectivity index (χ1) is 10.2. The molecule has 0 spiro atoms. The predicted octanol–water partition coefficient (Wildman–Crippen LogP) is 3.27. The molecule has 1 saturated heterocycles. The van der Waals surface area contributed by atoms with Gasteiger partial charge in [-0.2, -0.15) is 0 Å². The summed E-state index contributed by atoms with van der Waals surface area (Å²) in [5.41, 5.74) is 4.63. The van der Waals surface area contributed by atoms with Gasteiger partial charge < -0.3 is 10.1 Å². The van der Waals surface area contributed by atoms with Crippen LogP contribution in [-0.4, -0.2) is 19.6 Å². The van der Waals surface area contributed by atoms with Crippen LogP contribution in [0.25, 0.3) is 11.1 Å². The van der Waals surface area contributed by atoms with Crippen molar-refractivity contribution in [2.45, 2.75) is 19.3 Å². The van der Waals surface area contributed by atoms with Crippen LogP contribution in [0.15, 0.2) is 42.5 Å². The molecular formula is C18H19NO2. The Labute approximate surface area is 124 Å². The standard InChI is InChI=1S/C18H19NO2/c1-12-3-5-13(6-4-12)16-9-14(7-8-17(16)21-2)15-10-18(20)19-11-15/h3-9,15H,10-11H2,1-2H3,(H,19,20).